The average molecular weight is 519 g/mol. The Labute approximate surface area is 197 Å². The van der Waals surface area contributed by atoms with Crippen molar-refractivity contribution in [2.24, 2.45) is 0 Å². The summed E-state index contributed by atoms with van der Waals surface area (Å²) >= 11 is 0. The first-order valence-electron chi connectivity index (χ1n) is 9.54. The molecule has 5 N–H and O–H groups in total. The van der Waals surface area contributed by atoms with Crippen LogP contribution in [0.3, 0.4) is 0 Å². The smallest absolute Gasteiger partial charge is 0.289 e. The lowest BCUT2D eigenvalue weighted by Gasteiger charge is -2.17. The van der Waals surface area contributed by atoms with Crippen LogP contribution in [-0.4, -0.2) is 59.7 Å². The molecule has 0 spiro atoms. The third-order valence-electron chi connectivity index (χ3n) is 4.82. The van der Waals surface area contributed by atoms with Crippen LogP contribution in [0.4, 0.5) is 11.5 Å². The van der Waals surface area contributed by atoms with Crippen LogP contribution < -0.4 is 33.9 Å². The van der Waals surface area contributed by atoms with Gasteiger partial charge in [0, 0.05) is 17.7 Å². The Hall–Kier alpha value is -3.26. The third-order valence-corrected chi connectivity index (χ3v) is 4.82. The summed E-state index contributed by atoms with van der Waals surface area (Å²) in [6.45, 7) is -0.457. The van der Waals surface area contributed by atoms with Gasteiger partial charge in [-0.05, 0) is 0 Å². The molecule has 1 aliphatic heterocycles. The number of non-ortho nitro benzene ring substituents is 1. The molecule has 190 valence electrons. The highest BCUT2D eigenvalue weighted by atomic mass is 35.7. The highest BCUT2D eigenvalue weighted by Gasteiger charge is 2.44. The normalized spacial score (nSPS) is 22.0. The molecule has 18 heteroatoms. The van der Waals surface area contributed by atoms with Gasteiger partial charge in [-0.25, -0.2) is 23.6 Å². The lowest BCUT2D eigenvalue weighted by atomic mass is 10.1. The molecule has 1 aromatic carbocycles. The number of fused-ring (bicyclic) bond motifs is 1. The number of halogens is 1. The average Bonchev–Trinajstić information content (AvgIpc) is 3.34. The van der Waals surface area contributed by atoms with Crippen molar-refractivity contribution in [1.29, 1.82) is 0 Å². The molecule has 0 bridgehead atoms. The van der Waals surface area contributed by atoms with E-state index in [-0.39, 0.29) is 29.3 Å². The van der Waals surface area contributed by atoms with Gasteiger partial charge in [0.05, 0.1) is 11.5 Å². The van der Waals surface area contributed by atoms with Gasteiger partial charge in [-0.3, -0.25) is 14.7 Å². The summed E-state index contributed by atoms with van der Waals surface area (Å²) in [4.78, 5) is 24.4. The number of nitro groups is 1. The fourth-order valence-electron chi connectivity index (χ4n) is 3.24. The fraction of sp³-hybridized carbons (Fsp3) is 0.353. The summed E-state index contributed by atoms with van der Waals surface area (Å²) in [6, 6.07) is 5.99. The number of nitrogen functional groups attached to an aromatic ring is 1. The highest BCUT2D eigenvalue weighted by Crippen LogP contribution is 2.31. The van der Waals surface area contributed by atoms with Gasteiger partial charge in [0.1, 0.15) is 24.6 Å². The maximum absolute atomic E-state index is 10.9. The molecule has 17 nitrogen and oxygen atoms in total. The number of aromatic nitrogens is 4. The predicted octanol–water partition coefficient (Wildman–Crippen LogP) is -6.31. The van der Waals surface area contributed by atoms with E-state index in [4.69, 9.17) is 33.9 Å². The summed E-state index contributed by atoms with van der Waals surface area (Å²) in [5.41, 5.74) is 7.15. The van der Waals surface area contributed by atoms with E-state index in [0.717, 1.165) is 0 Å². The van der Waals surface area contributed by atoms with E-state index < -0.39 is 46.3 Å². The monoisotopic (exact) mass is 518 g/mol. The maximum Gasteiger partial charge on any atom is 0.289 e. The standard InChI is InChI=1S/C17H18N6O7.ClHO4/c18-15-12-16(21(7-19-12)17-14(26)13(25)11(5-24)30-17)20-8-22(15)29-6-9-2-1-3-10(4-9)23(27)28;2-1(3,4)5/h1-4,7-8,11,13-14,17-18,24-26H,5-6H2;(H,2,3,4,5)/t11-,13-,14-,17-;/m1./s1. The Morgan fingerprint density at radius 3 is 2.51 bits per heavy atom. The van der Waals surface area contributed by atoms with E-state index >= 15 is 0 Å². The molecule has 4 atom stereocenters. The molecular formula is C17H19ClN6O11. The van der Waals surface area contributed by atoms with E-state index in [2.05, 4.69) is 9.97 Å². The molecule has 2 aromatic heterocycles. The maximum atomic E-state index is 10.9. The number of benzene rings is 1. The molecule has 0 amide bonds. The Balaban J connectivity index is 0.000000623. The van der Waals surface area contributed by atoms with Gasteiger partial charge in [-0.2, -0.15) is 0 Å². The van der Waals surface area contributed by atoms with Crippen molar-refractivity contribution in [2.75, 3.05) is 12.3 Å². The molecule has 1 aliphatic rings. The van der Waals surface area contributed by atoms with Gasteiger partial charge in [0.2, 0.25) is 11.2 Å². The van der Waals surface area contributed by atoms with Gasteiger partial charge in [-0.15, -0.1) is 10.2 Å². The zero-order valence-corrected chi connectivity index (χ0v) is 18.2. The van der Waals surface area contributed by atoms with Crippen LogP contribution in [0, 0.1) is 20.4 Å². The van der Waals surface area contributed by atoms with Crippen molar-refractivity contribution < 1.29 is 63.4 Å². The summed E-state index contributed by atoms with van der Waals surface area (Å²) in [5.74, 6) is 0.107. The lowest BCUT2D eigenvalue weighted by Crippen LogP contribution is -2.68. The first kappa shape index (κ1) is 26.3. The molecule has 35 heavy (non-hydrogen) atoms. The largest absolute Gasteiger partial charge is 0.394 e. The van der Waals surface area contributed by atoms with Crippen molar-refractivity contribution in [1.82, 2.24) is 14.5 Å². The number of hydrogen-bond acceptors (Lipinski definition) is 14. The quantitative estimate of drug-likeness (QED) is 0.134. The highest BCUT2D eigenvalue weighted by molar-refractivity contribution is 5.79. The van der Waals surface area contributed by atoms with Crippen LogP contribution in [0.5, 0.6) is 0 Å². The minimum atomic E-state index is -4.94. The molecule has 1 saturated heterocycles. The second-order valence-corrected chi connectivity index (χ2v) is 7.84. The van der Waals surface area contributed by atoms with Crippen LogP contribution in [0.1, 0.15) is 11.8 Å². The number of aliphatic hydroxyl groups is 3. The van der Waals surface area contributed by atoms with Crippen LogP contribution in [0.25, 0.3) is 11.2 Å². The van der Waals surface area contributed by atoms with Crippen molar-refractivity contribution in [3.8, 4) is 0 Å². The van der Waals surface area contributed by atoms with Crippen LogP contribution in [0.2, 0.25) is 0 Å². The number of anilines is 1. The number of ether oxygens (including phenoxy) is 1. The lowest BCUT2D eigenvalue weighted by molar-refractivity contribution is -2.00. The van der Waals surface area contributed by atoms with Crippen molar-refractivity contribution in [3.05, 3.63) is 52.6 Å². The predicted molar refractivity (Wildman–Crippen MR) is 98.5 cm³/mol. The molecule has 0 unspecified atom stereocenters. The zero-order chi connectivity index (χ0) is 25.9. The van der Waals surface area contributed by atoms with E-state index in [1.54, 1.807) is 12.1 Å². The SMILES string of the molecule is Nc1c2ncn([C@@H]3O[C@H](CO)[C@@H](O)[C@H]3O)c2nc[n+]1OCc1cccc([N+](=O)[O-])c1.[O-][Cl+3]([O-])([O-])[O-]. The number of nitro benzene ring substituents is 1. The van der Waals surface area contributed by atoms with E-state index in [0.29, 0.717) is 5.56 Å². The number of aliphatic hydroxyl groups excluding tert-OH is 3. The van der Waals surface area contributed by atoms with Crippen LogP contribution in [-0.2, 0) is 11.3 Å². The van der Waals surface area contributed by atoms with E-state index in [1.807, 2.05) is 0 Å². The number of imidazole rings is 1. The molecule has 0 saturated carbocycles. The number of hydrogen-bond donors (Lipinski definition) is 4. The van der Waals surface area contributed by atoms with E-state index in [9.17, 15) is 25.4 Å². The van der Waals surface area contributed by atoms with Gasteiger partial charge in [0.15, 0.2) is 12.8 Å². The number of rotatable bonds is 6. The van der Waals surface area contributed by atoms with Crippen LogP contribution in [0.15, 0.2) is 36.9 Å². The first-order chi connectivity index (χ1) is 16.4. The molecule has 4 rings (SSSR count). The van der Waals surface area contributed by atoms with Gasteiger partial charge < -0.3 is 30.6 Å². The number of nitrogens with two attached hydrogens (primary N) is 1. The second-order valence-electron chi connectivity index (χ2n) is 7.09. The van der Waals surface area contributed by atoms with Crippen LogP contribution >= 0.6 is 0 Å². The summed E-state index contributed by atoms with van der Waals surface area (Å²) < 4.78 is 42.0. The molecule has 1 fully saturated rings. The zero-order valence-electron chi connectivity index (χ0n) is 17.5. The van der Waals surface area contributed by atoms with Gasteiger partial charge >= 0.3 is 0 Å². The summed E-state index contributed by atoms with van der Waals surface area (Å²) in [5, 5.41) is 40.3. The molecule has 3 aromatic rings. The minimum absolute atomic E-state index is 0.000730. The Kier molecular flexibility index (Phi) is 7.95. The minimum Gasteiger partial charge on any atom is -0.394 e. The van der Waals surface area contributed by atoms with Crippen molar-refractivity contribution in [2.45, 2.75) is 31.1 Å². The van der Waals surface area contributed by atoms with Gasteiger partial charge in [-0.1, -0.05) is 21.8 Å². The summed E-state index contributed by atoms with van der Waals surface area (Å²) in [6.07, 6.45) is -1.86. The fourth-order valence-corrected chi connectivity index (χ4v) is 3.24. The van der Waals surface area contributed by atoms with Gasteiger partial charge in [0.25, 0.3) is 17.8 Å². The first-order valence-corrected chi connectivity index (χ1v) is 10.8. The Morgan fingerprint density at radius 2 is 1.91 bits per heavy atom. The molecule has 3 heterocycles. The third kappa shape index (κ3) is 6.25. The van der Waals surface area contributed by atoms with E-state index in [1.165, 1.54) is 34.1 Å². The molecule has 0 aliphatic carbocycles. The molecule has 0 radical (unpaired) electrons. The molecular weight excluding hydrogens is 500 g/mol. The van der Waals surface area contributed by atoms with Crippen molar-refractivity contribution in [3.63, 3.8) is 0 Å². The number of nitrogens with zero attached hydrogens (tertiary/aromatic N) is 5. The topological polar surface area (TPSA) is 275 Å². The second kappa shape index (κ2) is 10.6. The summed E-state index contributed by atoms with van der Waals surface area (Å²) in [7, 11) is -4.94. The van der Waals surface area contributed by atoms with Crippen molar-refractivity contribution >= 4 is 22.7 Å². The Bertz CT molecular complexity index is 1180. The Morgan fingerprint density at radius 1 is 1.23 bits per heavy atom.